The first-order valence-corrected chi connectivity index (χ1v) is 8.70. The van der Waals surface area contributed by atoms with Crippen molar-refractivity contribution in [3.05, 3.63) is 60.7 Å². The molecular formula is C16H14N2O4S. The highest BCUT2D eigenvalue weighted by atomic mass is 32.2. The van der Waals surface area contributed by atoms with E-state index in [2.05, 4.69) is 10.2 Å². The first kappa shape index (κ1) is 15.2. The second-order valence-electron chi connectivity index (χ2n) is 4.94. The van der Waals surface area contributed by atoms with E-state index in [1.165, 1.54) is 12.5 Å². The molecule has 0 aliphatic carbocycles. The Bertz CT molecular complexity index is 888. The minimum atomic E-state index is -3.21. The number of aromatic nitrogens is 2. The van der Waals surface area contributed by atoms with Gasteiger partial charge in [-0.3, -0.25) is 0 Å². The maximum Gasteiger partial charge on any atom is 0.175 e. The molecule has 2 aromatic heterocycles. The van der Waals surface area contributed by atoms with Crippen molar-refractivity contribution in [3.8, 4) is 17.0 Å². The third-order valence-corrected chi connectivity index (χ3v) is 4.30. The van der Waals surface area contributed by atoms with Crippen LogP contribution in [0.2, 0.25) is 0 Å². The Morgan fingerprint density at radius 1 is 1.17 bits per heavy atom. The van der Waals surface area contributed by atoms with Gasteiger partial charge in [-0.1, -0.05) is 12.1 Å². The van der Waals surface area contributed by atoms with Crippen LogP contribution in [0.3, 0.4) is 0 Å². The van der Waals surface area contributed by atoms with Gasteiger partial charge in [0, 0.05) is 17.9 Å². The zero-order valence-corrected chi connectivity index (χ0v) is 13.2. The monoisotopic (exact) mass is 330 g/mol. The van der Waals surface area contributed by atoms with Crippen LogP contribution in [0, 0.1) is 0 Å². The highest BCUT2D eigenvalue weighted by Crippen LogP contribution is 2.22. The van der Waals surface area contributed by atoms with E-state index in [-0.39, 0.29) is 4.90 Å². The van der Waals surface area contributed by atoms with Gasteiger partial charge in [0.2, 0.25) is 0 Å². The van der Waals surface area contributed by atoms with Gasteiger partial charge in [0.1, 0.15) is 18.1 Å². The van der Waals surface area contributed by atoms with E-state index in [1.807, 2.05) is 6.07 Å². The van der Waals surface area contributed by atoms with Crippen LogP contribution in [-0.2, 0) is 16.4 Å². The summed E-state index contributed by atoms with van der Waals surface area (Å²) < 4.78 is 33.7. The van der Waals surface area contributed by atoms with Crippen LogP contribution in [0.5, 0.6) is 5.75 Å². The number of rotatable bonds is 5. The number of hydrogen-bond acceptors (Lipinski definition) is 6. The molecule has 3 rings (SSSR count). The molecule has 0 N–H and O–H groups in total. The summed E-state index contributed by atoms with van der Waals surface area (Å²) in [5.74, 6) is 1.26. The molecule has 23 heavy (non-hydrogen) atoms. The largest absolute Gasteiger partial charge is 0.484 e. The van der Waals surface area contributed by atoms with E-state index in [1.54, 1.807) is 42.7 Å². The Hall–Kier alpha value is -2.67. The average Bonchev–Trinajstić information content (AvgIpc) is 3.06. The summed E-state index contributed by atoms with van der Waals surface area (Å²) >= 11 is 0. The Morgan fingerprint density at radius 3 is 2.61 bits per heavy atom. The van der Waals surface area contributed by atoms with Crippen LogP contribution in [0.4, 0.5) is 0 Å². The van der Waals surface area contributed by atoms with Gasteiger partial charge in [0.15, 0.2) is 9.84 Å². The summed E-state index contributed by atoms with van der Waals surface area (Å²) in [6.45, 7) is 0.297. The van der Waals surface area contributed by atoms with Crippen molar-refractivity contribution in [3.63, 3.8) is 0 Å². The summed E-state index contributed by atoms with van der Waals surface area (Å²) in [4.78, 5) is 0.263. The van der Waals surface area contributed by atoms with Crippen molar-refractivity contribution in [2.24, 2.45) is 0 Å². The lowest BCUT2D eigenvalue weighted by atomic mass is 10.1. The smallest absolute Gasteiger partial charge is 0.175 e. The molecule has 2 heterocycles. The van der Waals surface area contributed by atoms with Crippen LogP contribution in [0.1, 0.15) is 5.76 Å². The summed E-state index contributed by atoms with van der Waals surface area (Å²) in [7, 11) is -3.21. The van der Waals surface area contributed by atoms with Crippen molar-refractivity contribution in [1.82, 2.24) is 10.2 Å². The molecule has 0 fully saturated rings. The van der Waals surface area contributed by atoms with Gasteiger partial charge in [-0.15, -0.1) is 0 Å². The molecule has 7 heteroatoms. The number of ether oxygens (including phenoxy) is 1. The van der Waals surface area contributed by atoms with Crippen molar-refractivity contribution in [2.75, 3.05) is 6.26 Å². The predicted molar refractivity (Wildman–Crippen MR) is 83.6 cm³/mol. The van der Waals surface area contributed by atoms with Gasteiger partial charge in [-0.2, -0.15) is 10.2 Å². The number of nitrogens with zero attached hydrogens (tertiary/aromatic N) is 2. The number of benzene rings is 1. The minimum Gasteiger partial charge on any atom is -0.484 e. The molecule has 0 spiro atoms. The fourth-order valence-corrected chi connectivity index (χ4v) is 2.62. The highest BCUT2D eigenvalue weighted by molar-refractivity contribution is 7.90. The molecule has 0 radical (unpaired) electrons. The summed E-state index contributed by atoms with van der Waals surface area (Å²) in [5.41, 5.74) is 1.36. The van der Waals surface area contributed by atoms with E-state index in [0.29, 0.717) is 23.8 Å². The highest BCUT2D eigenvalue weighted by Gasteiger charge is 2.08. The van der Waals surface area contributed by atoms with Crippen LogP contribution < -0.4 is 4.74 Å². The van der Waals surface area contributed by atoms with Crippen LogP contribution in [0.15, 0.2) is 64.2 Å². The molecular weight excluding hydrogens is 316 g/mol. The van der Waals surface area contributed by atoms with E-state index < -0.39 is 9.84 Å². The van der Waals surface area contributed by atoms with E-state index in [9.17, 15) is 8.42 Å². The Kier molecular flexibility index (Phi) is 4.12. The topological polar surface area (TPSA) is 82.3 Å². The number of sulfone groups is 1. The molecule has 0 aliphatic heterocycles. The average molecular weight is 330 g/mol. The Labute approximate surface area is 133 Å². The molecule has 0 bridgehead atoms. The summed E-state index contributed by atoms with van der Waals surface area (Å²) in [6.07, 6.45) is 4.26. The lowest BCUT2D eigenvalue weighted by Crippen LogP contribution is -1.98. The van der Waals surface area contributed by atoms with Gasteiger partial charge in [-0.25, -0.2) is 8.42 Å². The van der Waals surface area contributed by atoms with Crippen molar-refractivity contribution >= 4 is 9.84 Å². The third-order valence-electron chi connectivity index (χ3n) is 3.17. The predicted octanol–water partition coefficient (Wildman–Crippen LogP) is 2.72. The van der Waals surface area contributed by atoms with Crippen LogP contribution in [0.25, 0.3) is 11.3 Å². The fourth-order valence-electron chi connectivity index (χ4n) is 1.99. The Balaban J connectivity index is 1.79. The molecule has 0 saturated heterocycles. The molecule has 0 aliphatic rings. The standard InChI is InChI=1S/C16H14N2O4S/c1-23(19,20)15-6-4-12(5-7-15)16-9-14(10-17-18-16)22-11-13-3-2-8-21-13/h2-10H,11H2,1H3. The third kappa shape index (κ3) is 3.75. The van der Waals surface area contributed by atoms with Crippen LogP contribution >= 0.6 is 0 Å². The second-order valence-corrected chi connectivity index (χ2v) is 6.96. The molecule has 118 valence electrons. The quantitative estimate of drug-likeness (QED) is 0.715. The lowest BCUT2D eigenvalue weighted by molar-refractivity contribution is 0.269. The normalized spacial score (nSPS) is 11.3. The zero-order chi connectivity index (χ0) is 16.3. The van der Waals surface area contributed by atoms with Gasteiger partial charge >= 0.3 is 0 Å². The van der Waals surface area contributed by atoms with Crippen molar-refractivity contribution < 1.29 is 17.6 Å². The summed E-state index contributed by atoms with van der Waals surface area (Å²) in [6, 6.07) is 11.8. The van der Waals surface area contributed by atoms with E-state index in [4.69, 9.17) is 9.15 Å². The first-order valence-electron chi connectivity index (χ1n) is 6.81. The maximum atomic E-state index is 11.5. The molecule has 0 unspecified atom stereocenters. The Morgan fingerprint density at radius 2 is 1.96 bits per heavy atom. The van der Waals surface area contributed by atoms with E-state index in [0.717, 1.165) is 5.56 Å². The number of furan rings is 1. The van der Waals surface area contributed by atoms with Gasteiger partial charge in [-0.05, 0) is 24.3 Å². The molecule has 3 aromatic rings. The zero-order valence-electron chi connectivity index (χ0n) is 12.3. The molecule has 6 nitrogen and oxygen atoms in total. The van der Waals surface area contributed by atoms with Gasteiger partial charge in [0.05, 0.1) is 23.0 Å². The lowest BCUT2D eigenvalue weighted by Gasteiger charge is -2.06. The van der Waals surface area contributed by atoms with Crippen molar-refractivity contribution in [1.29, 1.82) is 0 Å². The minimum absolute atomic E-state index is 0.263. The van der Waals surface area contributed by atoms with Gasteiger partial charge in [0.25, 0.3) is 0 Å². The molecule has 0 amide bonds. The number of hydrogen-bond donors (Lipinski definition) is 0. The maximum absolute atomic E-state index is 11.5. The van der Waals surface area contributed by atoms with Crippen LogP contribution in [-0.4, -0.2) is 24.9 Å². The van der Waals surface area contributed by atoms with Crippen molar-refractivity contribution in [2.45, 2.75) is 11.5 Å². The van der Waals surface area contributed by atoms with E-state index >= 15 is 0 Å². The SMILES string of the molecule is CS(=O)(=O)c1ccc(-c2cc(OCc3ccco3)cnn2)cc1. The summed E-state index contributed by atoms with van der Waals surface area (Å²) in [5, 5.41) is 7.95. The van der Waals surface area contributed by atoms with Gasteiger partial charge < -0.3 is 9.15 Å². The molecule has 0 saturated carbocycles. The fraction of sp³-hybridized carbons (Fsp3) is 0.125. The first-order chi connectivity index (χ1) is 11.0. The second kappa shape index (κ2) is 6.21. The molecule has 0 atom stereocenters. The molecule has 1 aromatic carbocycles.